The van der Waals surface area contributed by atoms with E-state index in [-0.39, 0.29) is 23.5 Å². The van der Waals surface area contributed by atoms with Crippen molar-refractivity contribution < 1.29 is 22.4 Å². The third-order valence-electron chi connectivity index (χ3n) is 5.99. The number of hydrogen-bond acceptors (Lipinski definition) is 4. The second-order valence-electron chi connectivity index (χ2n) is 8.60. The normalized spacial score (nSPS) is 12.1. The molecule has 7 nitrogen and oxygen atoms in total. The molecule has 11 heteroatoms. The number of carbonyl (C=O) groups excluding carboxylic acids is 2. The molecule has 3 rings (SSSR count). The van der Waals surface area contributed by atoms with Crippen molar-refractivity contribution >= 4 is 50.7 Å². The van der Waals surface area contributed by atoms with Crippen LogP contribution in [0, 0.1) is 12.7 Å². The summed E-state index contributed by atoms with van der Waals surface area (Å²) in [4.78, 5) is 27.7. The highest BCUT2D eigenvalue weighted by atomic mass is 35.5. The highest BCUT2D eigenvalue weighted by molar-refractivity contribution is 7.92. The molecule has 0 aliphatic carbocycles. The summed E-state index contributed by atoms with van der Waals surface area (Å²) in [5, 5.41) is 3.27. The zero-order valence-electron chi connectivity index (χ0n) is 21.1. The first-order valence-electron chi connectivity index (χ1n) is 11.8. The molecule has 3 aromatic carbocycles. The summed E-state index contributed by atoms with van der Waals surface area (Å²) in [6.45, 7) is 2.93. The lowest BCUT2D eigenvalue weighted by Crippen LogP contribution is -2.51. The number of nitrogens with zero attached hydrogens (tertiary/aromatic N) is 2. The number of likely N-dealkylation sites (N-methyl/N-ethyl adjacent to an activating group) is 1. The van der Waals surface area contributed by atoms with Crippen molar-refractivity contribution in [1.29, 1.82) is 0 Å². The average Bonchev–Trinajstić information content (AvgIpc) is 2.88. The van der Waals surface area contributed by atoms with Gasteiger partial charge in [0.2, 0.25) is 11.8 Å². The van der Waals surface area contributed by atoms with Gasteiger partial charge in [-0.05, 0) is 67.4 Å². The highest BCUT2D eigenvalue weighted by Crippen LogP contribution is 2.27. The predicted octanol–water partition coefficient (Wildman–Crippen LogP) is 5.19. The fraction of sp³-hybridized carbons (Fsp3) is 0.259. The lowest BCUT2D eigenvalue weighted by atomic mass is 10.1. The molecule has 0 aliphatic rings. The van der Waals surface area contributed by atoms with Gasteiger partial charge in [0.1, 0.15) is 18.4 Å². The third kappa shape index (κ3) is 6.83. The first-order chi connectivity index (χ1) is 18.0. The Morgan fingerprint density at radius 3 is 2.18 bits per heavy atom. The van der Waals surface area contributed by atoms with Crippen LogP contribution in [-0.2, 0) is 26.2 Å². The van der Waals surface area contributed by atoms with Gasteiger partial charge in [0.05, 0.1) is 10.6 Å². The highest BCUT2D eigenvalue weighted by Gasteiger charge is 2.33. The van der Waals surface area contributed by atoms with Crippen LogP contribution in [-0.4, -0.2) is 44.8 Å². The van der Waals surface area contributed by atoms with Crippen LogP contribution < -0.4 is 9.62 Å². The maximum absolute atomic E-state index is 13.8. The van der Waals surface area contributed by atoms with E-state index >= 15 is 0 Å². The molecular formula is C27H28Cl2FN3O4S. The zero-order valence-corrected chi connectivity index (χ0v) is 23.4. The SMILES string of the molecule is CCC(C(=O)NC)N(Cc1ccc(Cl)cc1Cl)C(=O)CN(c1ccc(C)cc1)S(=O)(=O)c1ccc(F)cc1. The summed E-state index contributed by atoms with van der Waals surface area (Å²) in [5.74, 6) is -1.63. The van der Waals surface area contributed by atoms with E-state index in [1.165, 1.54) is 18.0 Å². The van der Waals surface area contributed by atoms with Gasteiger partial charge >= 0.3 is 0 Å². The van der Waals surface area contributed by atoms with E-state index in [1.807, 2.05) is 6.92 Å². The Labute approximate surface area is 232 Å². The van der Waals surface area contributed by atoms with E-state index in [1.54, 1.807) is 43.3 Å². The number of nitrogens with one attached hydrogen (secondary N) is 1. The minimum Gasteiger partial charge on any atom is -0.357 e. The minimum absolute atomic E-state index is 0.0565. The Morgan fingerprint density at radius 2 is 1.63 bits per heavy atom. The van der Waals surface area contributed by atoms with Gasteiger partial charge in [-0.2, -0.15) is 0 Å². The van der Waals surface area contributed by atoms with Gasteiger partial charge < -0.3 is 10.2 Å². The molecule has 0 saturated heterocycles. The van der Waals surface area contributed by atoms with E-state index in [9.17, 15) is 22.4 Å². The van der Waals surface area contributed by atoms with E-state index in [0.717, 1.165) is 34.1 Å². The number of sulfonamides is 1. The molecular weight excluding hydrogens is 552 g/mol. The van der Waals surface area contributed by atoms with Crippen molar-refractivity contribution in [3.63, 3.8) is 0 Å². The molecule has 0 aliphatic heterocycles. The van der Waals surface area contributed by atoms with Gasteiger partial charge in [-0.3, -0.25) is 13.9 Å². The number of benzene rings is 3. The molecule has 0 heterocycles. The fourth-order valence-electron chi connectivity index (χ4n) is 3.89. The Bertz CT molecular complexity index is 1400. The van der Waals surface area contributed by atoms with Crippen molar-refractivity contribution in [1.82, 2.24) is 10.2 Å². The molecule has 1 unspecified atom stereocenters. The van der Waals surface area contributed by atoms with Crippen LogP contribution >= 0.6 is 23.2 Å². The molecule has 3 aromatic rings. The Balaban J connectivity index is 2.07. The van der Waals surface area contributed by atoms with Crippen LogP contribution in [0.25, 0.3) is 0 Å². The van der Waals surface area contributed by atoms with E-state index < -0.39 is 40.2 Å². The predicted molar refractivity (Wildman–Crippen MR) is 147 cm³/mol. The molecule has 1 N–H and O–H groups in total. The van der Waals surface area contributed by atoms with Gasteiger partial charge in [-0.1, -0.05) is 53.9 Å². The smallest absolute Gasteiger partial charge is 0.264 e. The lowest BCUT2D eigenvalue weighted by Gasteiger charge is -2.33. The van der Waals surface area contributed by atoms with Crippen LogP contribution in [0.2, 0.25) is 10.0 Å². The number of amides is 2. The summed E-state index contributed by atoms with van der Waals surface area (Å²) < 4.78 is 41.9. The Morgan fingerprint density at radius 1 is 1.00 bits per heavy atom. The van der Waals surface area contributed by atoms with Crippen molar-refractivity contribution in [2.24, 2.45) is 0 Å². The van der Waals surface area contributed by atoms with E-state index in [4.69, 9.17) is 23.2 Å². The molecule has 202 valence electrons. The van der Waals surface area contributed by atoms with Gasteiger partial charge in [0.25, 0.3) is 10.0 Å². The zero-order chi connectivity index (χ0) is 28.0. The maximum Gasteiger partial charge on any atom is 0.264 e. The summed E-state index contributed by atoms with van der Waals surface area (Å²) in [7, 11) is -2.82. The molecule has 0 bridgehead atoms. The van der Waals surface area contributed by atoms with Crippen molar-refractivity contribution in [3.8, 4) is 0 Å². The van der Waals surface area contributed by atoms with Crippen LogP contribution in [0.5, 0.6) is 0 Å². The lowest BCUT2D eigenvalue weighted by molar-refractivity contribution is -0.140. The second kappa shape index (κ2) is 12.6. The maximum atomic E-state index is 13.8. The van der Waals surface area contributed by atoms with Gasteiger partial charge in [0.15, 0.2) is 0 Å². The first kappa shape index (κ1) is 29.4. The van der Waals surface area contributed by atoms with Gasteiger partial charge in [-0.15, -0.1) is 0 Å². The minimum atomic E-state index is -4.28. The van der Waals surface area contributed by atoms with Gasteiger partial charge in [-0.25, -0.2) is 12.8 Å². The molecule has 0 saturated carbocycles. The largest absolute Gasteiger partial charge is 0.357 e. The summed E-state index contributed by atoms with van der Waals surface area (Å²) >= 11 is 12.4. The number of anilines is 1. The number of carbonyl (C=O) groups is 2. The second-order valence-corrected chi connectivity index (χ2v) is 11.3. The van der Waals surface area contributed by atoms with Crippen LogP contribution in [0.3, 0.4) is 0 Å². The molecule has 0 fully saturated rings. The molecule has 1 atom stereocenters. The topological polar surface area (TPSA) is 86.8 Å². The molecule has 2 amide bonds. The summed E-state index contributed by atoms with van der Waals surface area (Å²) in [6.07, 6.45) is 0.270. The van der Waals surface area contributed by atoms with E-state index in [0.29, 0.717) is 15.6 Å². The average molecular weight is 581 g/mol. The van der Waals surface area contributed by atoms with Crippen LogP contribution in [0.1, 0.15) is 24.5 Å². The molecule has 0 radical (unpaired) electrons. The third-order valence-corrected chi connectivity index (χ3v) is 8.37. The number of aryl methyl sites for hydroxylation is 1. The first-order valence-corrected chi connectivity index (χ1v) is 14.0. The fourth-order valence-corrected chi connectivity index (χ4v) is 5.78. The van der Waals surface area contributed by atoms with Crippen molar-refractivity contribution in [2.75, 3.05) is 17.9 Å². The molecule has 0 aromatic heterocycles. The standard InChI is InChI=1S/C27H28Cl2FN3O4S/c1-4-25(27(35)31-3)32(16-19-7-8-20(28)15-24(19)29)26(34)17-33(22-11-5-18(2)6-12-22)38(36,37)23-13-9-21(30)10-14-23/h5-15,25H,4,16-17H2,1-3H3,(H,31,35). The molecule has 38 heavy (non-hydrogen) atoms. The van der Waals surface area contributed by atoms with Crippen LogP contribution in [0.4, 0.5) is 10.1 Å². The molecule has 0 spiro atoms. The Kier molecular flexibility index (Phi) is 9.76. The van der Waals surface area contributed by atoms with Gasteiger partial charge in [0, 0.05) is 23.6 Å². The monoisotopic (exact) mass is 579 g/mol. The number of hydrogen-bond donors (Lipinski definition) is 1. The number of halogens is 3. The van der Waals surface area contributed by atoms with Crippen molar-refractivity contribution in [2.45, 2.75) is 37.8 Å². The van der Waals surface area contributed by atoms with Crippen molar-refractivity contribution in [3.05, 3.63) is 93.7 Å². The number of rotatable bonds is 10. The van der Waals surface area contributed by atoms with E-state index in [2.05, 4.69) is 5.32 Å². The summed E-state index contributed by atoms with van der Waals surface area (Å²) in [5.41, 5.74) is 1.67. The Hall–Kier alpha value is -3.14. The quantitative estimate of drug-likeness (QED) is 0.358. The van der Waals surface area contributed by atoms with Crippen LogP contribution in [0.15, 0.2) is 71.6 Å². The summed E-state index contributed by atoms with van der Waals surface area (Å²) in [6, 6.07) is 14.9.